The Kier molecular flexibility index (Phi) is 3.74. The zero-order chi connectivity index (χ0) is 11.5. The lowest BCUT2D eigenvalue weighted by molar-refractivity contribution is 0.472. The fraction of sp³-hybridized carbons (Fsp3) is 0.455. The van der Waals surface area contributed by atoms with E-state index in [9.17, 15) is 8.42 Å². The van der Waals surface area contributed by atoms with Crippen LogP contribution in [0, 0.1) is 6.92 Å². The Morgan fingerprint density at radius 2 is 2.07 bits per heavy atom. The third-order valence-electron chi connectivity index (χ3n) is 2.27. The lowest BCUT2D eigenvalue weighted by atomic mass is 10.2. The topological polar surface area (TPSA) is 43.4 Å². The summed E-state index contributed by atoms with van der Waals surface area (Å²) in [6, 6.07) is 7.02. The van der Waals surface area contributed by atoms with Crippen molar-refractivity contribution in [2.45, 2.75) is 32.4 Å². The van der Waals surface area contributed by atoms with Crippen molar-refractivity contribution in [3.05, 3.63) is 29.8 Å². The number of hydrogen-bond donors (Lipinski definition) is 0. The van der Waals surface area contributed by atoms with Crippen LogP contribution in [0.15, 0.2) is 24.3 Å². The summed E-state index contributed by atoms with van der Waals surface area (Å²) in [6.45, 7) is 5.36. The molecule has 0 heterocycles. The molecular weight excluding hydrogens is 212 g/mol. The highest BCUT2D eigenvalue weighted by Crippen LogP contribution is 2.17. The van der Waals surface area contributed by atoms with Crippen LogP contribution in [0.25, 0.3) is 0 Å². The zero-order valence-electron chi connectivity index (χ0n) is 9.23. The highest BCUT2D eigenvalue weighted by Gasteiger charge is 2.20. The maximum absolute atomic E-state index is 11.6. The smallest absolute Gasteiger partial charge is 0.311 e. The molecule has 1 aromatic rings. The lowest BCUT2D eigenvalue weighted by Gasteiger charge is -2.11. The van der Waals surface area contributed by atoms with Gasteiger partial charge in [0.2, 0.25) is 0 Å². The Bertz CT molecular complexity index is 423. The molecule has 0 saturated heterocycles. The third-order valence-corrected chi connectivity index (χ3v) is 4.01. The first-order chi connectivity index (χ1) is 6.95. The maximum atomic E-state index is 11.6. The monoisotopic (exact) mass is 228 g/mol. The first-order valence-corrected chi connectivity index (χ1v) is 6.43. The second-order valence-electron chi connectivity index (χ2n) is 3.61. The van der Waals surface area contributed by atoms with E-state index in [1.807, 2.05) is 19.9 Å². The minimum atomic E-state index is -3.48. The summed E-state index contributed by atoms with van der Waals surface area (Å²) >= 11 is 0. The van der Waals surface area contributed by atoms with E-state index in [1.54, 1.807) is 25.1 Å². The summed E-state index contributed by atoms with van der Waals surface area (Å²) in [6.07, 6.45) is 0.550. The molecule has 3 nitrogen and oxygen atoms in total. The standard InChI is InChI=1S/C11H16O3S/c1-4-10(3)15(12,13)14-11-7-5-6-9(2)8-11/h5-8,10H,4H2,1-3H3. The molecule has 0 spiro atoms. The van der Waals surface area contributed by atoms with Gasteiger partial charge in [0.1, 0.15) is 5.75 Å². The van der Waals surface area contributed by atoms with E-state index in [1.165, 1.54) is 0 Å². The summed E-state index contributed by atoms with van der Waals surface area (Å²) < 4.78 is 28.2. The van der Waals surface area contributed by atoms with Gasteiger partial charge in [-0.2, -0.15) is 8.42 Å². The molecule has 0 aliphatic carbocycles. The molecule has 0 amide bonds. The van der Waals surface area contributed by atoms with Gasteiger partial charge in [-0.25, -0.2) is 0 Å². The molecule has 4 heteroatoms. The average molecular weight is 228 g/mol. The van der Waals surface area contributed by atoms with Crippen molar-refractivity contribution in [1.82, 2.24) is 0 Å². The van der Waals surface area contributed by atoms with Crippen LogP contribution in [-0.4, -0.2) is 13.7 Å². The quantitative estimate of drug-likeness (QED) is 0.744. The van der Waals surface area contributed by atoms with Crippen LogP contribution in [0.2, 0.25) is 0 Å². The molecule has 0 saturated carbocycles. The average Bonchev–Trinajstić information content (AvgIpc) is 2.15. The van der Waals surface area contributed by atoms with Crippen molar-refractivity contribution in [3.63, 3.8) is 0 Å². The second-order valence-corrected chi connectivity index (χ2v) is 5.57. The van der Waals surface area contributed by atoms with Gasteiger partial charge in [-0.3, -0.25) is 0 Å². The molecule has 15 heavy (non-hydrogen) atoms. The molecule has 0 aromatic heterocycles. The SMILES string of the molecule is CCC(C)S(=O)(=O)Oc1cccc(C)c1. The largest absolute Gasteiger partial charge is 0.382 e. The Hall–Kier alpha value is -1.03. The molecule has 0 radical (unpaired) electrons. The van der Waals surface area contributed by atoms with E-state index in [-0.39, 0.29) is 0 Å². The van der Waals surface area contributed by atoms with Gasteiger partial charge in [0.15, 0.2) is 0 Å². The summed E-state index contributed by atoms with van der Waals surface area (Å²) in [5.41, 5.74) is 0.979. The fourth-order valence-electron chi connectivity index (χ4n) is 1.09. The van der Waals surface area contributed by atoms with Crippen LogP contribution in [0.1, 0.15) is 25.8 Å². The molecule has 0 aliphatic heterocycles. The molecule has 1 aromatic carbocycles. The van der Waals surface area contributed by atoms with Crippen LogP contribution >= 0.6 is 0 Å². The summed E-state index contributed by atoms with van der Waals surface area (Å²) in [5, 5.41) is -0.474. The van der Waals surface area contributed by atoms with E-state index >= 15 is 0 Å². The Morgan fingerprint density at radius 1 is 1.40 bits per heavy atom. The normalized spacial score (nSPS) is 13.5. The highest BCUT2D eigenvalue weighted by molar-refractivity contribution is 7.87. The van der Waals surface area contributed by atoms with Crippen molar-refractivity contribution in [2.75, 3.05) is 0 Å². The molecule has 0 fully saturated rings. The van der Waals surface area contributed by atoms with Crippen molar-refractivity contribution in [1.29, 1.82) is 0 Å². The van der Waals surface area contributed by atoms with Gasteiger partial charge in [-0.15, -0.1) is 0 Å². The van der Waals surface area contributed by atoms with Crippen LogP contribution < -0.4 is 4.18 Å². The first-order valence-electron chi connectivity index (χ1n) is 4.95. The minimum absolute atomic E-state index is 0.385. The molecule has 1 atom stereocenters. The summed E-state index contributed by atoms with van der Waals surface area (Å²) in [4.78, 5) is 0. The molecule has 1 rings (SSSR count). The predicted molar refractivity (Wildman–Crippen MR) is 60.5 cm³/mol. The predicted octanol–water partition coefficient (Wildman–Crippen LogP) is 2.50. The number of aryl methyl sites for hydroxylation is 1. The van der Waals surface area contributed by atoms with Crippen LogP contribution in [0.5, 0.6) is 5.75 Å². The maximum Gasteiger partial charge on any atom is 0.311 e. The Morgan fingerprint density at radius 3 is 2.60 bits per heavy atom. The van der Waals surface area contributed by atoms with Crippen LogP contribution in [0.4, 0.5) is 0 Å². The van der Waals surface area contributed by atoms with Gasteiger partial charge in [-0.1, -0.05) is 19.1 Å². The van der Waals surface area contributed by atoms with E-state index in [0.717, 1.165) is 5.56 Å². The minimum Gasteiger partial charge on any atom is -0.382 e. The molecule has 0 bridgehead atoms. The molecule has 0 aliphatic rings. The van der Waals surface area contributed by atoms with Crippen molar-refractivity contribution in [2.24, 2.45) is 0 Å². The first kappa shape index (κ1) is 12.0. The van der Waals surface area contributed by atoms with E-state index in [2.05, 4.69) is 0 Å². The van der Waals surface area contributed by atoms with Gasteiger partial charge in [0, 0.05) is 0 Å². The van der Waals surface area contributed by atoms with E-state index in [4.69, 9.17) is 4.18 Å². The zero-order valence-corrected chi connectivity index (χ0v) is 10.0. The van der Waals surface area contributed by atoms with Crippen molar-refractivity contribution in [3.8, 4) is 5.75 Å². The lowest BCUT2D eigenvalue weighted by Crippen LogP contribution is -2.22. The molecule has 1 unspecified atom stereocenters. The van der Waals surface area contributed by atoms with E-state index < -0.39 is 15.4 Å². The highest BCUT2D eigenvalue weighted by atomic mass is 32.2. The summed E-state index contributed by atoms with van der Waals surface area (Å²) in [5.74, 6) is 0.385. The third kappa shape index (κ3) is 3.23. The van der Waals surface area contributed by atoms with Gasteiger partial charge in [0.25, 0.3) is 0 Å². The second kappa shape index (κ2) is 4.66. The van der Waals surface area contributed by atoms with Gasteiger partial charge in [0.05, 0.1) is 5.25 Å². The van der Waals surface area contributed by atoms with Crippen molar-refractivity contribution < 1.29 is 12.6 Å². The Balaban J connectivity index is 2.87. The fourth-order valence-corrected chi connectivity index (χ4v) is 2.03. The Labute approximate surface area is 91.2 Å². The van der Waals surface area contributed by atoms with Crippen LogP contribution in [-0.2, 0) is 10.1 Å². The van der Waals surface area contributed by atoms with E-state index in [0.29, 0.717) is 12.2 Å². The van der Waals surface area contributed by atoms with Gasteiger partial charge >= 0.3 is 10.1 Å². The number of rotatable bonds is 4. The molecule has 0 N–H and O–H groups in total. The molecular formula is C11H16O3S. The van der Waals surface area contributed by atoms with Crippen LogP contribution in [0.3, 0.4) is 0 Å². The van der Waals surface area contributed by atoms with Gasteiger partial charge < -0.3 is 4.18 Å². The van der Waals surface area contributed by atoms with Crippen molar-refractivity contribution >= 4 is 10.1 Å². The number of benzene rings is 1. The number of hydrogen-bond acceptors (Lipinski definition) is 3. The molecule has 84 valence electrons. The summed E-state index contributed by atoms with van der Waals surface area (Å²) in [7, 11) is -3.48. The van der Waals surface area contributed by atoms with Gasteiger partial charge in [-0.05, 0) is 38.0 Å².